The molecule has 0 saturated carbocycles. The summed E-state index contributed by atoms with van der Waals surface area (Å²) in [6.45, 7) is 5.98. The van der Waals surface area contributed by atoms with Crippen LogP contribution in [0.25, 0.3) is 0 Å². The molecule has 0 fully saturated rings. The molecule has 1 aromatic rings. The third kappa shape index (κ3) is 10.0. The largest absolute Gasteiger partial charge is 0.489 e. The molecule has 0 saturated heterocycles. The zero-order valence-corrected chi connectivity index (χ0v) is 12.5. The number of nitrogens with zero attached hydrogens (tertiary/aromatic N) is 1. The minimum absolute atomic E-state index is 0.289. The van der Waals surface area contributed by atoms with Gasteiger partial charge in [0.05, 0.1) is 39.2 Å². The summed E-state index contributed by atoms with van der Waals surface area (Å²) in [6.07, 6.45) is 3.68. The second kappa shape index (κ2) is 12.3. The quantitative estimate of drug-likeness (QED) is 0.547. The summed E-state index contributed by atoms with van der Waals surface area (Å²) < 4.78 is 21.3. The molecule has 1 N–H and O–H groups in total. The van der Waals surface area contributed by atoms with Gasteiger partial charge in [0.1, 0.15) is 12.4 Å². The second-order valence-electron chi connectivity index (χ2n) is 4.32. The van der Waals surface area contributed by atoms with E-state index in [2.05, 4.69) is 17.1 Å². The van der Waals surface area contributed by atoms with Crippen LogP contribution in [0, 0.1) is 0 Å². The van der Waals surface area contributed by atoms with E-state index >= 15 is 0 Å². The highest BCUT2D eigenvalue weighted by Gasteiger charge is 1.96. The lowest BCUT2D eigenvalue weighted by Gasteiger charge is -2.07. The van der Waals surface area contributed by atoms with Gasteiger partial charge in [-0.05, 0) is 6.42 Å². The standard InChI is InChI=1S/C14H24N2O5/c1-2-3-4-18-5-6-19-7-8-20-9-10-21-13-11-14(17)16-15-12-13/h11-12H,2-10H2,1H3,(H,16,17). The Morgan fingerprint density at radius 1 is 1.00 bits per heavy atom. The second-order valence-corrected chi connectivity index (χ2v) is 4.32. The zero-order valence-electron chi connectivity index (χ0n) is 12.5. The SMILES string of the molecule is CCCCOCCOCCOCCOc1cn[nH]c(=O)c1. The van der Waals surface area contributed by atoms with Crippen molar-refractivity contribution in [1.29, 1.82) is 0 Å². The van der Waals surface area contributed by atoms with Gasteiger partial charge in [-0.15, -0.1) is 0 Å². The van der Waals surface area contributed by atoms with Gasteiger partial charge in [-0.3, -0.25) is 4.79 Å². The number of hydrogen-bond donors (Lipinski definition) is 1. The van der Waals surface area contributed by atoms with Crippen LogP contribution < -0.4 is 10.3 Å². The maximum Gasteiger partial charge on any atom is 0.267 e. The average Bonchev–Trinajstić information content (AvgIpc) is 2.48. The molecule has 0 radical (unpaired) electrons. The van der Waals surface area contributed by atoms with Crippen molar-refractivity contribution in [3.63, 3.8) is 0 Å². The predicted octanol–water partition coefficient (Wildman–Crippen LogP) is 0.999. The van der Waals surface area contributed by atoms with Gasteiger partial charge < -0.3 is 18.9 Å². The highest BCUT2D eigenvalue weighted by Crippen LogP contribution is 2.01. The molecule has 21 heavy (non-hydrogen) atoms. The van der Waals surface area contributed by atoms with Crippen LogP contribution in [-0.2, 0) is 14.2 Å². The first-order valence-electron chi connectivity index (χ1n) is 7.23. The molecule has 1 heterocycles. The van der Waals surface area contributed by atoms with Gasteiger partial charge >= 0.3 is 0 Å². The third-order valence-corrected chi connectivity index (χ3v) is 2.52. The zero-order chi connectivity index (χ0) is 15.2. The molecule has 0 aliphatic rings. The number of ether oxygens (including phenoxy) is 4. The fraction of sp³-hybridized carbons (Fsp3) is 0.714. The van der Waals surface area contributed by atoms with Gasteiger partial charge in [0.2, 0.25) is 0 Å². The van der Waals surface area contributed by atoms with E-state index in [4.69, 9.17) is 18.9 Å². The maximum absolute atomic E-state index is 11.0. The molecule has 0 aliphatic heterocycles. The number of aromatic nitrogens is 2. The van der Waals surface area contributed by atoms with E-state index in [1.54, 1.807) is 0 Å². The van der Waals surface area contributed by atoms with Crippen LogP contribution in [0.15, 0.2) is 17.1 Å². The topological polar surface area (TPSA) is 82.7 Å². The van der Waals surface area contributed by atoms with E-state index in [9.17, 15) is 4.79 Å². The van der Waals surface area contributed by atoms with Crippen LogP contribution >= 0.6 is 0 Å². The van der Waals surface area contributed by atoms with Gasteiger partial charge in [-0.25, -0.2) is 5.10 Å². The van der Waals surface area contributed by atoms with Gasteiger partial charge in [-0.1, -0.05) is 13.3 Å². The Kier molecular flexibility index (Phi) is 10.3. The summed E-state index contributed by atoms with van der Waals surface area (Å²) in [5, 5.41) is 5.90. The van der Waals surface area contributed by atoms with Crippen molar-refractivity contribution in [2.45, 2.75) is 19.8 Å². The van der Waals surface area contributed by atoms with Crippen LogP contribution in [0.3, 0.4) is 0 Å². The molecule has 120 valence electrons. The van der Waals surface area contributed by atoms with E-state index in [0.717, 1.165) is 19.4 Å². The average molecular weight is 300 g/mol. The van der Waals surface area contributed by atoms with Crippen molar-refractivity contribution in [1.82, 2.24) is 10.2 Å². The number of H-pyrrole nitrogens is 1. The molecule has 7 nitrogen and oxygen atoms in total. The minimum Gasteiger partial charge on any atom is -0.489 e. The van der Waals surface area contributed by atoms with Crippen molar-refractivity contribution < 1.29 is 18.9 Å². The third-order valence-electron chi connectivity index (χ3n) is 2.52. The van der Waals surface area contributed by atoms with Gasteiger partial charge in [0.25, 0.3) is 5.56 Å². The Bertz CT molecular complexity index is 410. The Morgan fingerprint density at radius 3 is 2.24 bits per heavy atom. The van der Waals surface area contributed by atoms with Gasteiger partial charge in [0.15, 0.2) is 0 Å². The highest BCUT2D eigenvalue weighted by molar-refractivity contribution is 5.12. The van der Waals surface area contributed by atoms with E-state index in [1.165, 1.54) is 12.3 Å². The summed E-state index contributed by atoms with van der Waals surface area (Å²) >= 11 is 0. The van der Waals surface area contributed by atoms with Crippen LogP contribution in [0.4, 0.5) is 0 Å². The number of hydrogen-bond acceptors (Lipinski definition) is 6. The Balaban J connectivity index is 1.83. The first kappa shape index (κ1) is 17.6. The lowest BCUT2D eigenvalue weighted by Crippen LogP contribution is -2.14. The summed E-state index contributed by atoms with van der Waals surface area (Å²) in [6, 6.07) is 1.34. The molecule has 0 bridgehead atoms. The lowest BCUT2D eigenvalue weighted by molar-refractivity contribution is 0.00892. The molecule has 1 aromatic heterocycles. The van der Waals surface area contributed by atoms with E-state index < -0.39 is 0 Å². The van der Waals surface area contributed by atoms with Crippen molar-refractivity contribution in [2.24, 2.45) is 0 Å². The fourth-order valence-corrected chi connectivity index (χ4v) is 1.44. The first-order valence-corrected chi connectivity index (χ1v) is 7.23. The molecular weight excluding hydrogens is 276 g/mol. The van der Waals surface area contributed by atoms with Crippen molar-refractivity contribution in [3.8, 4) is 5.75 Å². The molecule has 7 heteroatoms. The highest BCUT2D eigenvalue weighted by atomic mass is 16.6. The maximum atomic E-state index is 11.0. The van der Waals surface area contributed by atoms with Crippen molar-refractivity contribution in [2.75, 3.05) is 46.2 Å². The molecule has 0 aliphatic carbocycles. The minimum atomic E-state index is -0.289. The number of rotatable bonds is 13. The van der Waals surface area contributed by atoms with Crippen molar-refractivity contribution in [3.05, 3.63) is 22.6 Å². The normalized spacial score (nSPS) is 10.7. The Labute approximate surface area is 124 Å². The molecular formula is C14H24N2O5. The molecule has 0 aromatic carbocycles. The van der Waals surface area contributed by atoms with Crippen molar-refractivity contribution >= 4 is 0 Å². The summed E-state index contributed by atoms with van der Waals surface area (Å²) in [5.74, 6) is 0.433. The number of nitrogens with one attached hydrogen (secondary N) is 1. The molecule has 0 spiro atoms. The molecule has 1 rings (SSSR count). The number of unbranched alkanes of at least 4 members (excludes halogenated alkanes) is 1. The van der Waals surface area contributed by atoms with Crippen LogP contribution in [-0.4, -0.2) is 56.4 Å². The van der Waals surface area contributed by atoms with Gasteiger partial charge in [-0.2, -0.15) is 5.10 Å². The van der Waals surface area contributed by atoms with Crippen LogP contribution in [0.2, 0.25) is 0 Å². The Morgan fingerprint density at radius 2 is 1.62 bits per heavy atom. The summed E-state index contributed by atoms with van der Waals surface area (Å²) in [5.41, 5.74) is -0.289. The Hall–Kier alpha value is -1.44. The van der Waals surface area contributed by atoms with E-state index in [1.807, 2.05) is 0 Å². The molecule has 0 amide bonds. The van der Waals surface area contributed by atoms with E-state index in [-0.39, 0.29) is 5.56 Å². The van der Waals surface area contributed by atoms with Crippen LogP contribution in [0.5, 0.6) is 5.75 Å². The van der Waals surface area contributed by atoms with E-state index in [0.29, 0.717) is 45.4 Å². The fourth-order valence-electron chi connectivity index (χ4n) is 1.44. The van der Waals surface area contributed by atoms with Crippen LogP contribution in [0.1, 0.15) is 19.8 Å². The van der Waals surface area contributed by atoms with Gasteiger partial charge in [0, 0.05) is 12.7 Å². The number of aromatic amines is 1. The smallest absolute Gasteiger partial charge is 0.267 e. The summed E-state index contributed by atoms with van der Waals surface area (Å²) in [7, 11) is 0. The summed E-state index contributed by atoms with van der Waals surface area (Å²) in [4.78, 5) is 11.0. The molecule has 0 unspecified atom stereocenters. The monoisotopic (exact) mass is 300 g/mol. The lowest BCUT2D eigenvalue weighted by atomic mass is 10.4. The first-order chi connectivity index (χ1) is 10.3. The molecule has 0 atom stereocenters. The predicted molar refractivity (Wildman–Crippen MR) is 77.7 cm³/mol.